The van der Waals surface area contributed by atoms with E-state index in [-0.39, 0.29) is 34.1 Å². The normalized spacial score (nSPS) is 10.9. The Bertz CT molecular complexity index is 1960. The van der Waals surface area contributed by atoms with Gasteiger partial charge in [-0.3, -0.25) is 9.59 Å². The van der Waals surface area contributed by atoms with E-state index in [0.717, 1.165) is 86.1 Å². The van der Waals surface area contributed by atoms with Crippen LogP contribution in [0.4, 0.5) is 0 Å². The number of carbonyl (C=O) groups is 4. The molecule has 0 aromatic heterocycles. The fourth-order valence-electron chi connectivity index (χ4n) is 5.83. The lowest BCUT2D eigenvalue weighted by Crippen LogP contribution is -2.10. The van der Waals surface area contributed by atoms with Gasteiger partial charge in [0.15, 0.2) is 0 Å². The van der Waals surface area contributed by atoms with Gasteiger partial charge in [-0.2, -0.15) is 0 Å². The molecule has 324 valence electrons. The first kappa shape index (κ1) is 47.5. The molecule has 0 fully saturated rings. The standard InChI is InChI=1S/C48H54O12S/c1-3-45(49)57-35-11-7-5-9-33-55-39-19-13-37(14-20-39)17-31-47(51)59-41-23-27-43(28-24-41)61(53,54)44-29-25-42(26-30-44)60-48(52)32-18-38-15-21-40(22-16-38)56-34-10-6-8-12-36-58-46(50)4-2/h3-4,13-16,19-30H,1-2,5-12,17-18,31-36H2. The maximum Gasteiger partial charge on any atom is 0.330 e. The molecule has 0 bridgehead atoms. The Morgan fingerprint density at radius 2 is 0.770 bits per heavy atom. The number of aryl methyl sites for hydroxylation is 2. The molecule has 0 N–H and O–H groups in total. The second kappa shape index (κ2) is 26.1. The van der Waals surface area contributed by atoms with E-state index in [0.29, 0.717) is 39.3 Å². The number of benzene rings is 4. The van der Waals surface area contributed by atoms with E-state index >= 15 is 0 Å². The third-order valence-corrected chi connectivity index (χ3v) is 11.0. The summed E-state index contributed by atoms with van der Waals surface area (Å²) in [5.74, 6) is 0.205. The van der Waals surface area contributed by atoms with Gasteiger partial charge < -0.3 is 28.4 Å². The van der Waals surface area contributed by atoms with Crippen LogP contribution in [0.1, 0.15) is 75.3 Å². The van der Waals surface area contributed by atoms with Gasteiger partial charge in [0.25, 0.3) is 0 Å². The summed E-state index contributed by atoms with van der Waals surface area (Å²) in [5, 5.41) is 0. The Kier molecular flexibility index (Phi) is 20.3. The first-order chi connectivity index (χ1) is 29.5. The lowest BCUT2D eigenvalue weighted by Gasteiger charge is -2.09. The SMILES string of the molecule is C=CC(=O)OCCCCCCOc1ccc(CCC(=O)Oc2ccc(S(=O)(=O)c3ccc(OC(=O)CCc4ccc(OCCCCCCOC(=O)C=C)cc4)cc3)cc2)cc1. The average molecular weight is 855 g/mol. The molecule has 0 atom stereocenters. The smallest absolute Gasteiger partial charge is 0.330 e. The van der Waals surface area contributed by atoms with Crippen LogP contribution in [0.25, 0.3) is 0 Å². The van der Waals surface area contributed by atoms with Gasteiger partial charge in [0.05, 0.1) is 36.2 Å². The highest BCUT2D eigenvalue weighted by atomic mass is 32.2. The fourth-order valence-corrected chi connectivity index (χ4v) is 7.09. The minimum Gasteiger partial charge on any atom is -0.494 e. The molecule has 13 heteroatoms. The van der Waals surface area contributed by atoms with Gasteiger partial charge in [-0.1, -0.05) is 37.4 Å². The van der Waals surface area contributed by atoms with E-state index < -0.39 is 33.7 Å². The fraction of sp³-hybridized carbons (Fsp3) is 0.333. The van der Waals surface area contributed by atoms with Crippen molar-refractivity contribution in [1.82, 2.24) is 0 Å². The first-order valence-electron chi connectivity index (χ1n) is 20.4. The van der Waals surface area contributed by atoms with Crippen LogP contribution in [0.2, 0.25) is 0 Å². The quantitative estimate of drug-likeness (QED) is 0.0232. The van der Waals surface area contributed by atoms with Gasteiger partial charge in [-0.25, -0.2) is 18.0 Å². The Morgan fingerprint density at radius 3 is 1.11 bits per heavy atom. The van der Waals surface area contributed by atoms with Crippen LogP contribution in [0.5, 0.6) is 23.0 Å². The van der Waals surface area contributed by atoms with E-state index in [1.807, 2.05) is 48.5 Å². The third kappa shape index (κ3) is 17.9. The van der Waals surface area contributed by atoms with Crippen molar-refractivity contribution >= 4 is 33.7 Å². The molecular weight excluding hydrogens is 801 g/mol. The van der Waals surface area contributed by atoms with Crippen molar-refractivity contribution in [3.05, 3.63) is 133 Å². The van der Waals surface area contributed by atoms with Crippen molar-refractivity contribution in [2.24, 2.45) is 0 Å². The molecule has 0 amide bonds. The van der Waals surface area contributed by atoms with Crippen LogP contribution < -0.4 is 18.9 Å². The Labute approximate surface area is 358 Å². The minimum absolute atomic E-state index is 0.0167. The largest absolute Gasteiger partial charge is 0.494 e. The van der Waals surface area contributed by atoms with E-state index in [1.54, 1.807) is 0 Å². The summed E-state index contributed by atoms with van der Waals surface area (Å²) < 4.78 is 59.0. The van der Waals surface area contributed by atoms with E-state index in [4.69, 9.17) is 28.4 Å². The van der Waals surface area contributed by atoms with Gasteiger partial charge in [0, 0.05) is 25.0 Å². The van der Waals surface area contributed by atoms with E-state index in [2.05, 4.69) is 13.2 Å². The zero-order valence-electron chi connectivity index (χ0n) is 34.4. The second-order valence-electron chi connectivity index (χ2n) is 14.0. The van der Waals surface area contributed by atoms with Gasteiger partial charge in [-0.05, 0) is 148 Å². The Balaban J connectivity index is 1.11. The molecule has 12 nitrogen and oxygen atoms in total. The predicted octanol–water partition coefficient (Wildman–Crippen LogP) is 8.93. The average Bonchev–Trinajstić information content (AvgIpc) is 3.27. The van der Waals surface area contributed by atoms with Crippen LogP contribution in [0.3, 0.4) is 0 Å². The molecule has 0 aliphatic rings. The molecule has 0 radical (unpaired) electrons. The topological polar surface area (TPSA) is 158 Å². The van der Waals surface area contributed by atoms with Crippen molar-refractivity contribution in [2.45, 2.75) is 86.8 Å². The third-order valence-electron chi connectivity index (χ3n) is 9.25. The Morgan fingerprint density at radius 1 is 0.443 bits per heavy atom. The highest BCUT2D eigenvalue weighted by molar-refractivity contribution is 7.91. The lowest BCUT2D eigenvalue weighted by molar-refractivity contribution is -0.138. The van der Waals surface area contributed by atoms with Crippen molar-refractivity contribution < 1.29 is 56.0 Å². The molecule has 0 aliphatic carbocycles. The Hall–Kier alpha value is -6.21. The number of esters is 4. The molecular formula is C48H54O12S. The molecule has 0 aliphatic heterocycles. The molecule has 0 saturated carbocycles. The predicted molar refractivity (Wildman–Crippen MR) is 229 cm³/mol. The monoisotopic (exact) mass is 854 g/mol. The number of unbranched alkanes of at least 4 members (excludes halogenated alkanes) is 6. The van der Waals surface area contributed by atoms with Gasteiger partial charge >= 0.3 is 23.9 Å². The molecule has 0 unspecified atom stereocenters. The summed E-state index contributed by atoms with van der Waals surface area (Å²) in [7, 11) is -3.90. The van der Waals surface area contributed by atoms with Crippen LogP contribution in [0.15, 0.2) is 132 Å². The lowest BCUT2D eigenvalue weighted by atomic mass is 10.1. The second-order valence-corrected chi connectivity index (χ2v) is 15.9. The number of sulfone groups is 1. The molecule has 4 aromatic rings. The molecule has 4 rings (SSSR count). The highest BCUT2D eigenvalue weighted by Crippen LogP contribution is 2.26. The highest BCUT2D eigenvalue weighted by Gasteiger charge is 2.19. The number of rotatable bonds is 28. The van der Waals surface area contributed by atoms with Crippen LogP contribution in [0, 0.1) is 0 Å². The zero-order chi connectivity index (χ0) is 43.7. The van der Waals surface area contributed by atoms with Crippen LogP contribution in [-0.4, -0.2) is 58.7 Å². The van der Waals surface area contributed by atoms with Crippen molar-refractivity contribution in [3.63, 3.8) is 0 Å². The molecule has 61 heavy (non-hydrogen) atoms. The summed E-state index contributed by atoms with van der Waals surface area (Å²) in [4.78, 5) is 47.2. The summed E-state index contributed by atoms with van der Waals surface area (Å²) in [6.07, 6.45) is 10.6. The van der Waals surface area contributed by atoms with E-state index in [1.165, 1.54) is 48.5 Å². The van der Waals surface area contributed by atoms with Crippen molar-refractivity contribution in [1.29, 1.82) is 0 Å². The molecule has 4 aromatic carbocycles. The van der Waals surface area contributed by atoms with Gasteiger partial charge in [0.2, 0.25) is 9.84 Å². The summed E-state index contributed by atoms with van der Waals surface area (Å²) in [6.45, 7) is 8.65. The van der Waals surface area contributed by atoms with Crippen LogP contribution >= 0.6 is 0 Å². The summed E-state index contributed by atoms with van der Waals surface area (Å²) in [5.41, 5.74) is 1.88. The maximum atomic E-state index is 13.3. The molecule has 0 heterocycles. The molecule has 0 spiro atoms. The van der Waals surface area contributed by atoms with Gasteiger partial charge in [0.1, 0.15) is 23.0 Å². The van der Waals surface area contributed by atoms with Crippen molar-refractivity contribution in [3.8, 4) is 23.0 Å². The summed E-state index contributed by atoms with van der Waals surface area (Å²) in [6, 6.07) is 26.3. The minimum atomic E-state index is -3.90. The molecule has 0 saturated heterocycles. The first-order valence-corrected chi connectivity index (χ1v) is 21.9. The number of hydrogen-bond donors (Lipinski definition) is 0. The van der Waals surface area contributed by atoms with Crippen molar-refractivity contribution in [2.75, 3.05) is 26.4 Å². The number of hydrogen-bond acceptors (Lipinski definition) is 12. The summed E-state index contributed by atoms with van der Waals surface area (Å²) >= 11 is 0. The van der Waals surface area contributed by atoms with Crippen LogP contribution in [-0.2, 0) is 51.3 Å². The zero-order valence-corrected chi connectivity index (χ0v) is 35.2. The maximum absolute atomic E-state index is 13.3. The number of ether oxygens (including phenoxy) is 6. The number of carbonyl (C=O) groups excluding carboxylic acids is 4. The van der Waals surface area contributed by atoms with Gasteiger partial charge in [-0.15, -0.1) is 0 Å². The van der Waals surface area contributed by atoms with E-state index in [9.17, 15) is 27.6 Å².